The molecule has 3 nitrogen and oxygen atoms in total. The standard InChI is InChI=1S/C10H9BrClN3S/c1-6-9(16-5-15-6)4-14-10-8(12)2-7(11)3-13-10/h2-3,5H,4H2,1H3,(H,13,14). The molecule has 2 aromatic rings. The first-order valence-corrected chi connectivity index (χ1v) is 6.66. The molecule has 84 valence electrons. The maximum atomic E-state index is 6.04. The van der Waals surface area contributed by atoms with Gasteiger partial charge < -0.3 is 5.32 Å². The SMILES string of the molecule is Cc1ncsc1CNc1ncc(Br)cc1Cl. The minimum absolute atomic E-state index is 0.608. The maximum Gasteiger partial charge on any atom is 0.145 e. The number of rotatable bonds is 3. The highest BCUT2D eigenvalue weighted by Crippen LogP contribution is 2.24. The molecule has 0 aromatic carbocycles. The van der Waals surface area contributed by atoms with Crippen LogP contribution in [0.2, 0.25) is 5.02 Å². The zero-order valence-corrected chi connectivity index (χ0v) is 11.7. The van der Waals surface area contributed by atoms with Crippen molar-refractivity contribution < 1.29 is 0 Å². The van der Waals surface area contributed by atoms with Gasteiger partial charge in [0.2, 0.25) is 0 Å². The van der Waals surface area contributed by atoms with E-state index in [0.29, 0.717) is 17.4 Å². The Morgan fingerprint density at radius 2 is 2.31 bits per heavy atom. The smallest absolute Gasteiger partial charge is 0.145 e. The van der Waals surface area contributed by atoms with Crippen LogP contribution in [0.3, 0.4) is 0 Å². The average Bonchev–Trinajstić information content (AvgIpc) is 2.63. The number of nitrogens with zero attached hydrogens (tertiary/aromatic N) is 2. The van der Waals surface area contributed by atoms with Crippen LogP contribution in [0.15, 0.2) is 22.2 Å². The Morgan fingerprint density at radius 3 is 2.94 bits per heavy atom. The lowest BCUT2D eigenvalue weighted by Crippen LogP contribution is -2.01. The van der Waals surface area contributed by atoms with Crippen LogP contribution in [0.4, 0.5) is 5.82 Å². The Labute approximate surface area is 111 Å². The highest BCUT2D eigenvalue weighted by molar-refractivity contribution is 9.10. The summed E-state index contributed by atoms with van der Waals surface area (Å²) in [7, 11) is 0. The molecule has 0 aliphatic heterocycles. The van der Waals surface area contributed by atoms with E-state index in [1.54, 1.807) is 17.5 Å². The van der Waals surface area contributed by atoms with Crippen LogP contribution in [0.1, 0.15) is 10.6 Å². The fourth-order valence-corrected chi connectivity index (χ4v) is 2.62. The Hall–Kier alpha value is -0.650. The molecule has 0 saturated heterocycles. The molecule has 0 aliphatic rings. The third-order valence-electron chi connectivity index (χ3n) is 2.07. The van der Waals surface area contributed by atoms with Crippen LogP contribution in [0, 0.1) is 6.92 Å². The fourth-order valence-electron chi connectivity index (χ4n) is 1.20. The average molecular weight is 319 g/mol. The van der Waals surface area contributed by atoms with Gasteiger partial charge in [0.15, 0.2) is 0 Å². The van der Waals surface area contributed by atoms with E-state index in [4.69, 9.17) is 11.6 Å². The van der Waals surface area contributed by atoms with Gasteiger partial charge in [-0.15, -0.1) is 11.3 Å². The van der Waals surface area contributed by atoms with E-state index in [1.165, 1.54) is 4.88 Å². The molecule has 0 saturated carbocycles. The Kier molecular flexibility index (Phi) is 3.78. The summed E-state index contributed by atoms with van der Waals surface area (Å²) in [6.07, 6.45) is 1.72. The third-order valence-corrected chi connectivity index (χ3v) is 3.73. The molecule has 2 aromatic heterocycles. The number of hydrogen-bond donors (Lipinski definition) is 1. The minimum atomic E-state index is 0.608. The van der Waals surface area contributed by atoms with Crippen molar-refractivity contribution in [2.24, 2.45) is 0 Å². The molecule has 0 bridgehead atoms. The molecule has 0 aliphatic carbocycles. The van der Waals surface area contributed by atoms with Gasteiger partial charge in [-0.1, -0.05) is 11.6 Å². The van der Waals surface area contributed by atoms with Crippen LogP contribution < -0.4 is 5.32 Å². The Morgan fingerprint density at radius 1 is 1.50 bits per heavy atom. The third kappa shape index (κ3) is 2.72. The first-order valence-electron chi connectivity index (χ1n) is 4.60. The molecule has 1 N–H and O–H groups in total. The second kappa shape index (κ2) is 5.12. The van der Waals surface area contributed by atoms with E-state index < -0.39 is 0 Å². The first-order chi connectivity index (χ1) is 7.66. The normalized spacial score (nSPS) is 10.4. The van der Waals surface area contributed by atoms with Crippen molar-refractivity contribution in [3.8, 4) is 0 Å². The van der Waals surface area contributed by atoms with Crippen molar-refractivity contribution in [3.05, 3.63) is 37.8 Å². The predicted octanol–water partition coefficient (Wildman–Crippen LogP) is 3.87. The highest BCUT2D eigenvalue weighted by Gasteiger charge is 2.05. The quantitative estimate of drug-likeness (QED) is 0.933. The summed E-state index contributed by atoms with van der Waals surface area (Å²) < 4.78 is 0.872. The molecule has 2 rings (SSSR count). The van der Waals surface area contributed by atoms with Gasteiger partial charge in [0.1, 0.15) is 5.82 Å². The molecule has 6 heteroatoms. The second-order valence-electron chi connectivity index (χ2n) is 3.20. The van der Waals surface area contributed by atoms with Gasteiger partial charge in [0.05, 0.1) is 22.8 Å². The van der Waals surface area contributed by atoms with Gasteiger partial charge in [0, 0.05) is 15.5 Å². The molecule has 0 unspecified atom stereocenters. The molecule has 0 amide bonds. The number of nitrogens with one attached hydrogen (secondary N) is 1. The lowest BCUT2D eigenvalue weighted by molar-refractivity contribution is 1.09. The summed E-state index contributed by atoms with van der Waals surface area (Å²) in [5.41, 5.74) is 2.88. The molecule has 16 heavy (non-hydrogen) atoms. The summed E-state index contributed by atoms with van der Waals surface area (Å²) in [5, 5.41) is 3.80. The van der Waals surface area contributed by atoms with Gasteiger partial charge in [-0.05, 0) is 28.9 Å². The van der Waals surface area contributed by atoms with Crippen molar-refractivity contribution >= 4 is 44.7 Å². The molecular formula is C10H9BrClN3S. The van der Waals surface area contributed by atoms with Crippen molar-refractivity contribution in [1.29, 1.82) is 0 Å². The Balaban J connectivity index is 2.08. The largest absolute Gasteiger partial charge is 0.364 e. The zero-order valence-electron chi connectivity index (χ0n) is 8.50. The highest BCUT2D eigenvalue weighted by atomic mass is 79.9. The summed E-state index contributed by atoms with van der Waals surface area (Å²) >= 11 is 11.0. The van der Waals surface area contributed by atoms with Crippen molar-refractivity contribution in [2.45, 2.75) is 13.5 Å². The summed E-state index contributed by atoms with van der Waals surface area (Å²) in [6.45, 7) is 2.69. The number of aryl methyl sites for hydroxylation is 1. The number of thiazole rings is 1. The molecule has 0 fully saturated rings. The number of aromatic nitrogens is 2. The predicted molar refractivity (Wildman–Crippen MR) is 71.1 cm³/mol. The Bertz CT molecular complexity index is 501. The lowest BCUT2D eigenvalue weighted by Gasteiger charge is -2.06. The topological polar surface area (TPSA) is 37.8 Å². The van der Waals surface area contributed by atoms with Gasteiger partial charge in [-0.25, -0.2) is 9.97 Å². The van der Waals surface area contributed by atoms with E-state index in [9.17, 15) is 0 Å². The van der Waals surface area contributed by atoms with E-state index in [0.717, 1.165) is 10.2 Å². The van der Waals surface area contributed by atoms with Crippen LogP contribution >= 0.6 is 38.9 Å². The van der Waals surface area contributed by atoms with Crippen LogP contribution in [0.5, 0.6) is 0 Å². The van der Waals surface area contributed by atoms with E-state index in [2.05, 4.69) is 31.2 Å². The van der Waals surface area contributed by atoms with Gasteiger partial charge in [0.25, 0.3) is 0 Å². The number of pyridine rings is 1. The number of anilines is 1. The second-order valence-corrected chi connectivity index (χ2v) is 5.46. The van der Waals surface area contributed by atoms with Crippen LogP contribution in [-0.4, -0.2) is 9.97 Å². The summed E-state index contributed by atoms with van der Waals surface area (Å²) in [4.78, 5) is 9.58. The van der Waals surface area contributed by atoms with Crippen molar-refractivity contribution in [1.82, 2.24) is 9.97 Å². The van der Waals surface area contributed by atoms with E-state index in [-0.39, 0.29) is 0 Å². The van der Waals surface area contributed by atoms with Gasteiger partial charge in [-0.2, -0.15) is 0 Å². The van der Waals surface area contributed by atoms with Crippen LogP contribution in [-0.2, 0) is 6.54 Å². The minimum Gasteiger partial charge on any atom is -0.364 e. The molecule has 0 radical (unpaired) electrons. The zero-order chi connectivity index (χ0) is 11.5. The monoisotopic (exact) mass is 317 g/mol. The molecule has 0 atom stereocenters. The van der Waals surface area contributed by atoms with E-state index >= 15 is 0 Å². The maximum absolute atomic E-state index is 6.04. The first kappa shape index (κ1) is 11.8. The fraction of sp³-hybridized carbons (Fsp3) is 0.200. The van der Waals surface area contributed by atoms with Crippen LogP contribution in [0.25, 0.3) is 0 Å². The summed E-state index contributed by atoms with van der Waals surface area (Å²) in [6, 6.07) is 1.82. The van der Waals surface area contributed by atoms with Gasteiger partial charge in [-0.3, -0.25) is 0 Å². The van der Waals surface area contributed by atoms with Crippen molar-refractivity contribution in [2.75, 3.05) is 5.32 Å². The van der Waals surface area contributed by atoms with E-state index in [1.807, 2.05) is 18.5 Å². The molecule has 0 spiro atoms. The molecular weight excluding hydrogens is 310 g/mol. The number of hydrogen-bond acceptors (Lipinski definition) is 4. The van der Waals surface area contributed by atoms with Gasteiger partial charge >= 0.3 is 0 Å². The number of halogens is 2. The van der Waals surface area contributed by atoms with Crippen molar-refractivity contribution in [3.63, 3.8) is 0 Å². The summed E-state index contributed by atoms with van der Waals surface area (Å²) in [5.74, 6) is 0.692. The lowest BCUT2D eigenvalue weighted by atomic mass is 10.4. The molecule has 2 heterocycles.